The number of ether oxygens (including phenoxy) is 1. The molecule has 4 nitrogen and oxygen atoms in total. The topological polar surface area (TPSA) is 41.6 Å². The second-order valence-corrected chi connectivity index (χ2v) is 4.67. The number of halogens is 1. The maximum Gasteiger partial charge on any atom is 0.412 e. The number of nitrogens with zero attached hydrogens (tertiary/aromatic N) is 1. The molecule has 0 aromatic heterocycles. The van der Waals surface area contributed by atoms with E-state index in [9.17, 15) is 4.79 Å². The van der Waals surface area contributed by atoms with Crippen LogP contribution in [-0.2, 0) is 4.74 Å². The fourth-order valence-electron chi connectivity index (χ4n) is 1.22. The van der Waals surface area contributed by atoms with Crippen LogP contribution in [0.3, 0.4) is 0 Å². The van der Waals surface area contributed by atoms with Gasteiger partial charge in [-0.1, -0.05) is 23.4 Å². The summed E-state index contributed by atoms with van der Waals surface area (Å²) in [6, 6.07) is 6.78. The van der Waals surface area contributed by atoms with Gasteiger partial charge < -0.3 is 4.74 Å². The quantitative estimate of drug-likeness (QED) is 0.866. The first kappa shape index (κ1) is 15.4. The van der Waals surface area contributed by atoms with Crippen LogP contribution in [0.2, 0.25) is 5.02 Å². The number of rotatable bonds is 3. The third-order valence-corrected chi connectivity index (χ3v) is 2.33. The molecule has 0 aliphatic carbocycles. The number of carbonyl (C=O) groups excluding carboxylic acids is 1. The Morgan fingerprint density at radius 3 is 2.63 bits per heavy atom. The van der Waals surface area contributed by atoms with Crippen LogP contribution in [0.5, 0.6) is 0 Å². The maximum atomic E-state index is 11.6. The third kappa shape index (κ3) is 6.70. The van der Waals surface area contributed by atoms with Gasteiger partial charge in [0.25, 0.3) is 0 Å². The lowest BCUT2D eigenvalue weighted by molar-refractivity contribution is 0.145. The smallest absolute Gasteiger partial charge is 0.412 e. The summed E-state index contributed by atoms with van der Waals surface area (Å²) >= 11 is 5.75. The van der Waals surface area contributed by atoms with E-state index < -0.39 is 12.2 Å². The zero-order chi connectivity index (χ0) is 14.3. The number of hydrogen-bond acceptors (Lipinski definition) is 3. The van der Waals surface area contributed by atoms with E-state index in [1.807, 2.05) is 19.0 Å². The van der Waals surface area contributed by atoms with Crippen molar-refractivity contribution in [2.24, 2.45) is 0 Å². The molecule has 0 bridgehead atoms. The van der Waals surface area contributed by atoms with Crippen molar-refractivity contribution in [1.82, 2.24) is 4.90 Å². The Balaban J connectivity index is 2.41. The van der Waals surface area contributed by atoms with E-state index in [4.69, 9.17) is 16.3 Å². The molecule has 1 atom stereocenters. The van der Waals surface area contributed by atoms with E-state index in [1.165, 1.54) is 0 Å². The van der Waals surface area contributed by atoms with Crippen molar-refractivity contribution in [2.75, 3.05) is 26.0 Å². The minimum atomic E-state index is -0.533. The maximum absolute atomic E-state index is 11.6. The van der Waals surface area contributed by atoms with Crippen LogP contribution in [0.25, 0.3) is 0 Å². The molecule has 0 radical (unpaired) electrons. The highest BCUT2D eigenvalue weighted by atomic mass is 35.5. The van der Waals surface area contributed by atoms with Crippen LogP contribution in [-0.4, -0.2) is 37.7 Å². The Morgan fingerprint density at radius 1 is 1.42 bits per heavy atom. The predicted molar refractivity (Wildman–Crippen MR) is 77.3 cm³/mol. The van der Waals surface area contributed by atoms with Gasteiger partial charge in [0.1, 0.15) is 0 Å². The van der Waals surface area contributed by atoms with Crippen LogP contribution < -0.4 is 5.32 Å². The van der Waals surface area contributed by atoms with Gasteiger partial charge in [0, 0.05) is 10.7 Å². The molecule has 0 heterocycles. The number of benzene rings is 1. The second kappa shape index (κ2) is 7.67. The lowest BCUT2D eigenvalue weighted by Gasteiger charge is -2.09. The van der Waals surface area contributed by atoms with Crippen molar-refractivity contribution in [2.45, 2.75) is 13.0 Å². The van der Waals surface area contributed by atoms with E-state index in [-0.39, 0.29) is 0 Å². The molecule has 0 aliphatic rings. The van der Waals surface area contributed by atoms with Gasteiger partial charge in [-0.3, -0.25) is 10.2 Å². The predicted octanol–water partition coefficient (Wildman–Crippen LogP) is 2.84. The van der Waals surface area contributed by atoms with E-state index in [2.05, 4.69) is 17.2 Å². The largest absolute Gasteiger partial charge is 0.433 e. The average Bonchev–Trinajstić information content (AvgIpc) is 2.31. The molecule has 1 aromatic carbocycles. The lowest BCUT2D eigenvalue weighted by atomic mass is 10.3. The third-order valence-electron chi connectivity index (χ3n) is 2.08. The number of anilines is 1. The van der Waals surface area contributed by atoms with Gasteiger partial charge in [-0.2, -0.15) is 0 Å². The summed E-state index contributed by atoms with van der Waals surface area (Å²) in [4.78, 5) is 13.5. The Morgan fingerprint density at radius 2 is 2.05 bits per heavy atom. The Kier molecular flexibility index (Phi) is 6.20. The minimum absolute atomic E-state index is 0.452. The summed E-state index contributed by atoms with van der Waals surface area (Å²) in [6.45, 7) is 2.36. The van der Waals surface area contributed by atoms with Crippen molar-refractivity contribution >= 4 is 23.4 Å². The molecular formula is C14H17ClN2O2. The fraction of sp³-hybridized carbons (Fsp3) is 0.357. The number of nitrogens with one attached hydrogen (secondary N) is 1. The van der Waals surface area contributed by atoms with Gasteiger partial charge in [0.2, 0.25) is 0 Å². The van der Waals surface area contributed by atoms with Gasteiger partial charge in [-0.05, 0) is 45.3 Å². The summed E-state index contributed by atoms with van der Waals surface area (Å²) < 4.78 is 5.09. The van der Waals surface area contributed by atoms with E-state index in [0.717, 1.165) is 0 Å². The molecular weight excluding hydrogens is 264 g/mol. The van der Waals surface area contributed by atoms with E-state index in [1.54, 1.807) is 31.2 Å². The standard InChI is InChI=1S/C14H17ClN2O2/c1-11(5-4-10-17(2)3)19-14(18)16-13-8-6-12(15)7-9-13/h6-9,11H,10H2,1-3H3,(H,16,18). The van der Waals surface area contributed by atoms with Crippen molar-refractivity contribution in [3.63, 3.8) is 0 Å². The Labute approximate surface area is 118 Å². The minimum Gasteiger partial charge on any atom is -0.433 e. The average molecular weight is 281 g/mol. The van der Waals surface area contributed by atoms with Gasteiger partial charge in [0.15, 0.2) is 6.10 Å². The highest BCUT2D eigenvalue weighted by Gasteiger charge is 2.06. The molecule has 1 amide bonds. The molecule has 0 aliphatic heterocycles. The molecule has 1 aromatic rings. The first-order valence-corrected chi connectivity index (χ1v) is 6.21. The molecule has 0 saturated heterocycles. The molecule has 0 fully saturated rings. The molecule has 0 saturated carbocycles. The number of carbonyl (C=O) groups is 1. The van der Waals surface area contributed by atoms with Gasteiger partial charge in [0.05, 0.1) is 6.54 Å². The summed E-state index contributed by atoms with van der Waals surface area (Å²) in [5.41, 5.74) is 0.628. The van der Waals surface area contributed by atoms with E-state index >= 15 is 0 Å². The van der Waals surface area contributed by atoms with Crippen LogP contribution in [0.1, 0.15) is 6.92 Å². The zero-order valence-electron chi connectivity index (χ0n) is 11.2. The van der Waals surface area contributed by atoms with Crippen molar-refractivity contribution in [3.05, 3.63) is 29.3 Å². The Bertz CT molecular complexity index is 474. The number of hydrogen-bond donors (Lipinski definition) is 1. The summed E-state index contributed by atoms with van der Waals surface area (Å²) in [6.07, 6.45) is -0.985. The van der Waals surface area contributed by atoms with Crippen LogP contribution in [0.15, 0.2) is 24.3 Å². The van der Waals surface area contributed by atoms with Crippen molar-refractivity contribution < 1.29 is 9.53 Å². The highest BCUT2D eigenvalue weighted by molar-refractivity contribution is 6.30. The molecule has 102 valence electrons. The van der Waals surface area contributed by atoms with Crippen molar-refractivity contribution in [3.8, 4) is 11.8 Å². The van der Waals surface area contributed by atoms with Crippen LogP contribution in [0, 0.1) is 11.8 Å². The first-order chi connectivity index (χ1) is 8.97. The van der Waals surface area contributed by atoms with Crippen LogP contribution >= 0.6 is 11.6 Å². The summed E-state index contributed by atoms with van der Waals surface area (Å²) in [7, 11) is 3.85. The van der Waals surface area contributed by atoms with Crippen LogP contribution in [0.4, 0.5) is 10.5 Å². The number of amides is 1. The molecule has 0 spiro atoms. The molecule has 1 unspecified atom stereocenters. The summed E-state index contributed by atoms with van der Waals surface area (Å²) in [5.74, 6) is 5.76. The molecule has 1 N–H and O–H groups in total. The van der Waals surface area contributed by atoms with Gasteiger partial charge in [-0.15, -0.1) is 0 Å². The monoisotopic (exact) mass is 280 g/mol. The normalized spacial score (nSPS) is 11.4. The zero-order valence-corrected chi connectivity index (χ0v) is 12.0. The highest BCUT2D eigenvalue weighted by Crippen LogP contribution is 2.13. The molecule has 1 rings (SSSR count). The molecule has 5 heteroatoms. The van der Waals surface area contributed by atoms with Gasteiger partial charge >= 0.3 is 6.09 Å². The molecule has 19 heavy (non-hydrogen) atoms. The SMILES string of the molecule is CC(C#CCN(C)C)OC(=O)Nc1ccc(Cl)cc1. The second-order valence-electron chi connectivity index (χ2n) is 4.24. The fourth-order valence-corrected chi connectivity index (χ4v) is 1.34. The Hall–Kier alpha value is -1.70. The van der Waals surface area contributed by atoms with Gasteiger partial charge in [-0.25, -0.2) is 4.79 Å². The first-order valence-electron chi connectivity index (χ1n) is 5.83. The summed E-state index contributed by atoms with van der Waals surface area (Å²) in [5, 5.41) is 3.21. The van der Waals surface area contributed by atoms with E-state index in [0.29, 0.717) is 17.3 Å². The van der Waals surface area contributed by atoms with Crippen molar-refractivity contribution in [1.29, 1.82) is 0 Å². The lowest BCUT2D eigenvalue weighted by Crippen LogP contribution is -2.19.